The molecule has 1 aromatic heterocycles. The minimum absolute atomic E-state index is 0.0166. The molecule has 0 aliphatic carbocycles. The second-order valence-corrected chi connectivity index (χ2v) is 7.62. The van der Waals surface area contributed by atoms with E-state index >= 15 is 0 Å². The lowest BCUT2D eigenvalue weighted by atomic mass is 10.1. The number of nitrogens with zero attached hydrogens (tertiary/aromatic N) is 3. The third-order valence-electron chi connectivity index (χ3n) is 5.42. The van der Waals surface area contributed by atoms with Crippen LogP contribution in [0.4, 0.5) is 5.69 Å². The molecule has 0 saturated carbocycles. The van der Waals surface area contributed by atoms with Gasteiger partial charge in [0.25, 0.3) is 5.91 Å². The van der Waals surface area contributed by atoms with Crippen LogP contribution in [0.15, 0.2) is 48.7 Å². The van der Waals surface area contributed by atoms with Crippen LogP contribution in [0.2, 0.25) is 0 Å². The molecule has 6 nitrogen and oxygen atoms in total. The Bertz CT molecular complexity index is 825. The highest BCUT2D eigenvalue weighted by molar-refractivity contribution is 5.97. The first kappa shape index (κ1) is 21.0. The van der Waals surface area contributed by atoms with E-state index in [1.54, 1.807) is 6.07 Å². The molecule has 2 heterocycles. The molecular formula is C23H30N4O2. The summed E-state index contributed by atoms with van der Waals surface area (Å²) in [6, 6.07) is 13.2. The average molecular weight is 395 g/mol. The summed E-state index contributed by atoms with van der Waals surface area (Å²) in [7, 11) is 0. The molecule has 154 valence electrons. The highest BCUT2D eigenvalue weighted by Crippen LogP contribution is 2.16. The summed E-state index contributed by atoms with van der Waals surface area (Å²) >= 11 is 0. The zero-order valence-corrected chi connectivity index (χ0v) is 17.3. The summed E-state index contributed by atoms with van der Waals surface area (Å²) in [4.78, 5) is 33.8. The Morgan fingerprint density at radius 3 is 2.72 bits per heavy atom. The molecule has 2 amide bonds. The number of hydrogen-bond acceptors (Lipinski definition) is 4. The first-order valence-corrected chi connectivity index (χ1v) is 10.4. The van der Waals surface area contributed by atoms with Crippen molar-refractivity contribution in [3.05, 3.63) is 59.9 Å². The van der Waals surface area contributed by atoms with Gasteiger partial charge in [0.2, 0.25) is 5.91 Å². The Labute approximate surface area is 172 Å². The van der Waals surface area contributed by atoms with E-state index in [9.17, 15) is 9.59 Å². The van der Waals surface area contributed by atoms with Gasteiger partial charge in [-0.15, -0.1) is 0 Å². The number of hydrogen-bond donors (Lipinski definition) is 1. The van der Waals surface area contributed by atoms with Crippen molar-refractivity contribution in [1.82, 2.24) is 14.8 Å². The van der Waals surface area contributed by atoms with Crippen molar-refractivity contribution in [3.8, 4) is 0 Å². The number of anilines is 1. The number of rotatable bonds is 6. The second-order valence-electron chi connectivity index (χ2n) is 7.62. The predicted molar refractivity (Wildman–Crippen MR) is 115 cm³/mol. The fourth-order valence-corrected chi connectivity index (χ4v) is 3.42. The summed E-state index contributed by atoms with van der Waals surface area (Å²) < 4.78 is 0. The van der Waals surface area contributed by atoms with E-state index in [4.69, 9.17) is 0 Å². The molecular weight excluding hydrogens is 364 g/mol. The lowest BCUT2D eigenvalue weighted by molar-refractivity contribution is -0.119. The molecule has 1 unspecified atom stereocenters. The molecule has 1 atom stereocenters. The van der Waals surface area contributed by atoms with Gasteiger partial charge in [0.1, 0.15) is 0 Å². The number of aromatic nitrogens is 1. The highest BCUT2D eigenvalue weighted by atomic mass is 16.2. The maximum Gasteiger partial charge on any atom is 0.253 e. The molecule has 2 aromatic rings. The van der Waals surface area contributed by atoms with E-state index in [2.05, 4.69) is 15.2 Å². The Morgan fingerprint density at radius 1 is 1.10 bits per heavy atom. The largest absolute Gasteiger partial charge is 0.337 e. The predicted octanol–water partition coefficient (Wildman–Crippen LogP) is 3.41. The topological polar surface area (TPSA) is 65.5 Å². The number of carbonyl (C=O) groups is 2. The summed E-state index contributed by atoms with van der Waals surface area (Å²) in [6.45, 7) is 7.90. The standard InChI is InChI=1S/C23H30N4O2/c1-3-18(2)22(28)25-20-10-6-8-19(16-20)23(29)27-13-7-12-26(14-15-27)17-21-9-4-5-11-24-21/h4-6,8-11,16,18H,3,7,12-15,17H2,1-2H3,(H,25,28). The first-order chi connectivity index (χ1) is 14.1. The van der Waals surface area contributed by atoms with E-state index in [0.29, 0.717) is 17.8 Å². The van der Waals surface area contributed by atoms with Crippen LogP contribution in [0, 0.1) is 5.92 Å². The van der Waals surface area contributed by atoms with Crippen molar-refractivity contribution in [2.75, 3.05) is 31.5 Å². The van der Waals surface area contributed by atoms with Crippen molar-refractivity contribution >= 4 is 17.5 Å². The minimum atomic E-state index is -0.0509. The Morgan fingerprint density at radius 2 is 1.97 bits per heavy atom. The number of benzene rings is 1. The number of carbonyl (C=O) groups excluding carboxylic acids is 2. The SMILES string of the molecule is CCC(C)C(=O)Nc1cccc(C(=O)N2CCCN(Cc3ccccn3)CC2)c1. The summed E-state index contributed by atoms with van der Waals surface area (Å²) in [5, 5.41) is 2.91. The summed E-state index contributed by atoms with van der Waals surface area (Å²) in [5.74, 6) is -0.0496. The highest BCUT2D eigenvalue weighted by Gasteiger charge is 2.21. The van der Waals surface area contributed by atoms with Crippen molar-refractivity contribution in [2.24, 2.45) is 5.92 Å². The van der Waals surface area contributed by atoms with Crippen LogP contribution in [-0.2, 0) is 11.3 Å². The molecule has 1 fully saturated rings. The monoisotopic (exact) mass is 394 g/mol. The molecule has 1 aliphatic rings. The van der Waals surface area contributed by atoms with Crippen LogP contribution in [0.25, 0.3) is 0 Å². The lowest BCUT2D eigenvalue weighted by Gasteiger charge is -2.22. The third-order valence-corrected chi connectivity index (χ3v) is 5.42. The Balaban J connectivity index is 1.60. The normalized spacial score (nSPS) is 16.1. The number of amides is 2. The van der Waals surface area contributed by atoms with E-state index in [1.165, 1.54) is 0 Å². The van der Waals surface area contributed by atoms with Crippen molar-refractivity contribution in [3.63, 3.8) is 0 Å². The van der Waals surface area contributed by atoms with E-state index in [0.717, 1.165) is 44.7 Å². The van der Waals surface area contributed by atoms with Crippen molar-refractivity contribution in [1.29, 1.82) is 0 Å². The van der Waals surface area contributed by atoms with Gasteiger partial charge in [0, 0.05) is 56.1 Å². The maximum atomic E-state index is 13.0. The molecule has 0 radical (unpaired) electrons. The van der Waals surface area contributed by atoms with Crippen LogP contribution in [0.3, 0.4) is 0 Å². The van der Waals surface area contributed by atoms with Gasteiger partial charge in [-0.3, -0.25) is 19.5 Å². The zero-order valence-electron chi connectivity index (χ0n) is 17.3. The van der Waals surface area contributed by atoms with Crippen LogP contribution in [0.5, 0.6) is 0 Å². The Kier molecular flexibility index (Phi) is 7.36. The fourth-order valence-electron chi connectivity index (χ4n) is 3.42. The second kappa shape index (κ2) is 10.2. The fraction of sp³-hybridized carbons (Fsp3) is 0.435. The van der Waals surface area contributed by atoms with Gasteiger partial charge >= 0.3 is 0 Å². The first-order valence-electron chi connectivity index (χ1n) is 10.4. The van der Waals surface area contributed by atoms with Crippen LogP contribution in [0.1, 0.15) is 42.7 Å². The Hall–Kier alpha value is -2.73. The molecule has 29 heavy (non-hydrogen) atoms. The maximum absolute atomic E-state index is 13.0. The smallest absolute Gasteiger partial charge is 0.253 e. The van der Waals surface area contributed by atoms with Gasteiger partial charge in [-0.1, -0.05) is 26.0 Å². The molecule has 0 bridgehead atoms. The van der Waals surface area contributed by atoms with Crippen LogP contribution in [-0.4, -0.2) is 52.8 Å². The lowest BCUT2D eigenvalue weighted by Crippen LogP contribution is -2.35. The summed E-state index contributed by atoms with van der Waals surface area (Å²) in [5.41, 5.74) is 2.34. The van der Waals surface area contributed by atoms with E-state index in [-0.39, 0.29) is 17.7 Å². The summed E-state index contributed by atoms with van der Waals surface area (Å²) in [6.07, 6.45) is 3.53. The zero-order chi connectivity index (χ0) is 20.6. The number of nitrogens with one attached hydrogen (secondary N) is 1. The molecule has 1 saturated heterocycles. The third kappa shape index (κ3) is 5.87. The van der Waals surface area contributed by atoms with Crippen molar-refractivity contribution in [2.45, 2.75) is 33.2 Å². The quantitative estimate of drug-likeness (QED) is 0.815. The van der Waals surface area contributed by atoms with Gasteiger partial charge in [-0.25, -0.2) is 0 Å². The van der Waals surface area contributed by atoms with Gasteiger partial charge in [-0.05, 0) is 43.2 Å². The molecule has 1 N–H and O–H groups in total. The van der Waals surface area contributed by atoms with Gasteiger partial charge in [0.15, 0.2) is 0 Å². The molecule has 0 spiro atoms. The van der Waals surface area contributed by atoms with Gasteiger partial charge in [0.05, 0.1) is 5.69 Å². The van der Waals surface area contributed by atoms with Gasteiger partial charge in [-0.2, -0.15) is 0 Å². The van der Waals surface area contributed by atoms with Crippen LogP contribution < -0.4 is 5.32 Å². The number of pyridine rings is 1. The average Bonchev–Trinajstić information content (AvgIpc) is 2.99. The minimum Gasteiger partial charge on any atom is -0.337 e. The van der Waals surface area contributed by atoms with Gasteiger partial charge < -0.3 is 10.2 Å². The van der Waals surface area contributed by atoms with Crippen molar-refractivity contribution < 1.29 is 9.59 Å². The van der Waals surface area contributed by atoms with E-state index in [1.807, 2.05) is 61.3 Å². The molecule has 1 aromatic carbocycles. The molecule has 6 heteroatoms. The van der Waals surface area contributed by atoms with E-state index < -0.39 is 0 Å². The van der Waals surface area contributed by atoms with Crippen LogP contribution >= 0.6 is 0 Å². The molecule has 1 aliphatic heterocycles. The molecule has 3 rings (SSSR count).